The lowest BCUT2D eigenvalue weighted by atomic mass is 10.1. The third kappa shape index (κ3) is 6.79. The first-order valence-corrected chi connectivity index (χ1v) is 10.7. The Kier molecular flexibility index (Phi) is 9.09. The maximum absolute atomic E-state index is 13.2. The van der Waals surface area contributed by atoms with Crippen LogP contribution in [0.3, 0.4) is 0 Å². The molecule has 0 aliphatic heterocycles. The molecule has 0 unspecified atom stereocenters. The van der Waals surface area contributed by atoms with Gasteiger partial charge < -0.3 is 0 Å². The first-order valence-electron chi connectivity index (χ1n) is 9.48. The molecule has 9 heteroatoms. The second-order valence-corrected chi connectivity index (χ2v) is 8.31. The average Bonchev–Trinajstić information content (AvgIpc) is 3.08. The number of hydrogen-bond donors (Lipinski definition) is 1. The normalized spacial score (nSPS) is 11.1. The number of aromatic nitrogens is 1. The van der Waals surface area contributed by atoms with Crippen LogP contribution >= 0.6 is 39.9 Å². The van der Waals surface area contributed by atoms with E-state index < -0.39 is 23.2 Å². The summed E-state index contributed by atoms with van der Waals surface area (Å²) >= 11 is 7.23. The van der Waals surface area contributed by atoms with Gasteiger partial charge in [0.15, 0.2) is 5.13 Å². The second kappa shape index (κ2) is 11.1. The van der Waals surface area contributed by atoms with E-state index in [-0.39, 0.29) is 17.0 Å². The van der Waals surface area contributed by atoms with Gasteiger partial charge in [-0.05, 0) is 42.7 Å². The van der Waals surface area contributed by atoms with E-state index in [0.29, 0.717) is 16.6 Å². The molecule has 0 saturated heterocycles. The Labute approximate surface area is 198 Å². The summed E-state index contributed by atoms with van der Waals surface area (Å²) in [5, 5.41) is 3.49. The highest BCUT2D eigenvalue weighted by atomic mass is 79.9. The van der Waals surface area contributed by atoms with Gasteiger partial charge in [0.1, 0.15) is 0 Å². The minimum absolute atomic E-state index is 0. The molecule has 3 aromatic rings. The summed E-state index contributed by atoms with van der Waals surface area (Å²) < 4.78 is 39.7. The quantitative estimate of drug-likeness (QED) is 0.340. The van der Waals surface area contributed by atoms with Crippen molar-refractivity contribution in [2.45, 2.75) is 38.8 Å². The van der Waals surface area contributed by atoms with Gasteiger partial charge in [-0.25, -0.2) is 4.98 Å². The van der Waals surface area contributed by atoms with Gasteiger partial charge in [-0.15, -0.1) is 28.3 Å². The molecule has 0 atom stereocenters. The van der Waals surface area contributed by atoms with Crippen LogP contribution in [0.1, 0.15) is 51.8 Å². The highest BCUT2D eigenvalue weighted by Gasteiger charge is 2.35. The van der Waals surface area contributed by atoms with Crippen molar-refractivity contribution in [1.29, 1.82) is 0 Å². The molecule has 31 heavy (non-hydrogen) atoms. The highest BCUT2D eigenvalue weighted by molar-refractivity contribution is 8.93. The monoisotopic (exact) mass is 532 g/mol. The molecule has 0 spiro atoms. The van der Waals surface area contributed by atoms with Crippen LogP contribution in [0.4, 0.5) is 18.3 Å². The molecular formula is C22H21BrClF3N2OS. The largest absolute Gasteiger partial charge is 0.417 e. The number of benzene rings is 2. The summed E-state index contributed by atoms with van der Waals surface area (Å²) in [5.74, 6) is -0.822. The zero-order valence-corrected chi connectivity index (χ0v) is 19.9. The predicted molar refractivity (Wildman–Crippen MR) is 125 cm³/mol. The van der Waals surface area contributed by atoms with E-state index in [0.717, 1.165) is 41.5 Å². The molecule has 0 bridgehead atoms. The molecule has 3 rings (SSSR count). The molecule has 0 radical (unpaired) electrons. The number of rotatable bonds is 7. The van der Waals surface area contributed by atoms with Gasteiger partial charge in [-0.1, -0.05) is 49.2 Å². The standard InChI is InChI=1S/C22H20ClF3N2OS.BrH/c1-2-3-8-18-19(13-14-9-11-15(23)12-10-14)30-21(27-18)28-20(29)16-6-4-5-7-17(16)22(24,25)26;/h4-7,9-12H,2-3,8,13H2,1H3,(H,27,28,29);1H. The lowest BCUT2D eigenvalue weighted by Crippen LogP contribution is -2.18. The first-order chi connectivity index (χ1) is 14.3. The van der Waals surface area contributed by atoms with E-state index >= 15 is 0 Å². The molecular weight excluding hydrogens is 513 g/mol. The number of halogens is 5. The number of thiazole rings is 1. The van der Waals surface area contributed by atoms with Crippen molar-refractivity contribution in [3.63, 3.8) is 0 Å². The zero-order chi connectivity index (χ0) is 21.7. The average molecular weight is 534 g/mol. The van der Waals surface area contributed by atoms with E-state index in [4.69, 9.17) is 11.6 Å². The summed E-state index contributed by atoms with van der Waals surface area (Å²) in [7, 11) is 0. The van der Waals surface area contributed by atoms with E-state index in [1.54, 1.807) is 12.1 Å². The fourth-order valence-corrected chi connectivity index (χ4v) is 4.16. The molecule has 2 aromatic carbocycles. The third-order valence-corrected chi connectivity index (χ3v) is 5.79. The minimum Gasteiger partial charge on any atom is -0.298 e. The Bertz CT molecular complexity index is 1020. The van der Waals surface area contributed by atoms with Crippen LogP contribution in [0.2, 0.25) is 5.02 Å². The molecule has 0 saturated carbocycles. The van der Waals surface area contributed by atoms with Gasteiger partial charge in [0.2, 0.25) is 0 Å². The number of nitrogens with one attached hydrogen (secondary N) is 1. The van der Waals surface area contributed by atoms with Gasteiger partial charge in [0.25, 0.3) is 5.91 Å². The first kappa shape index (κ1) is 25.4. The van der Waals surface area contributed by atoms with Crippen molar-refractivity contribution >= 4 is 51.0 Å². The van der Waals surface area contributed by atoms with Crippen LogP contribution in [-0.4, -0.2) is 10.9 Å². The molecule has 1 heterocycles. The third-order valence-electron chi connectivity index (χ3n) is 4.52. The maximum Gasteiger partial charge on any atom is 0.417 e. The number of aryl methyl sites for hydroxylation is 1. The number of anilines is 1. The second-order valence-electron chi connectivity index (χ2n) is 6.79. The van der Waals surface area contributed by atoms with Crippen molar-refractivity contribution in [3.8, 4) is 0 Å². The molecule has 3 nitrogen and oxygen atoms in total. The van der Waals surface area contributed by atoms with Crippen molar-refractivity contribution in [3.05, 3.63) is 80.8 Å². The molecule has 166 valence electrons. The van der Waals surface area contributed by atoms with Crippen molar-refractivity contribution in [2.24, 2.45) is 0 Å². The Morgan fingerprint density at radius 3 is 2.45 bits per heavy atom. The number of nitrogens with zero attached hydrogens (tertiary/aromatic N) is 1. The summed E-state index contributed by atoms with van der Waals surface area (Å²) in [5.41, 5.74) is 0.513. The Balaban J connectivity index is 0.00000341. The van der Waals surface area contributed by atoms with Crippen LogP contribution in [-0.2, 0) is 19.0 Å². The minimum atomic E-state index is -4.61. The Hall–Kier alpha value is -1.90. The van der Waals surface area contributed by atoms with Gasteiger partial charge in [0, 0.05) is 16.3 Å². The fraction of sp³-hybridized carbons (Fsp3) is 0.273. The van der Waals surface area contributed by atoms with Crippen molar-refractivity contribution in [1.82, 2.24) is 4.98 Å². The molecule has 0 aliphatic rings. The molecule has 0 aliphatic carbocycles. The van der Waals surface area contributed by atoms with Crippen LogP contribution in [0.5, 0.6) is 0 Å². The van der Waals surface area contributed by atoms with Crippen LogP contribution in [0.25, 0.3) is 0 Å². The smallest absolute Gasteiger partial charge is 0.298 e. The van der Waals surface area contributed by atoms with Crippen molar-refractivity contribution < 1.29 is 18.0 Å². The fourth-order valence-electron chi connectivity index (χ4n) is 2.99. The van der Waals surface area contributed by atoms with Gasteiger partial charge in [0.05, 0.1) is 16.8 Å². The number of amides is 1. The number of hydrogen-bond acceptors (Lipinski definition) is 3. The summed E-state index contributed by atoms with van der Waals surface area (Å²) in [6.45, 7) is 2.07. The zero-order valence-electron chi connectivity index (χ0n) is 16.6. The molecule has 1 N–H and O–H groups in total. The maximum atomic E-state index is 13.2. The van der Waals surface area contributed by atoms with Crippen LogP contribution < -0.4 is 5.32 Å². The number of carbonyl (C=O) groups excluding carboxylic acids is 1. The van der Waals surface area contributed by atoms with Crippen LogP contribution in [0.15, 0.2) is 48.5 Å². The lowest BCUT2D eigenvalue weighted by molar-refractivity contribution is -0.137. The van der Waals surface area contributed by atoms with Gasteiger partial charge in [-0.2, -0.15) is 13.2 Å². The summed E-state index contributed by atoms with van der Waals surface area (Å²) in [6.07, 6.45) is -1.34. The predicted octanol–water partition coefficient (Wildman–Crippen LogP) is 7.58. The lowest BCUT2D eigenvalue weighted by Gasteiger charge is -2.11. The number of carbonyl (C=O) groups is 1. The van der Waals surface area contributed by atoms with Crippen LogP contribution in [0, 0.1) is 0 Å². The Morgan fingerprint density at radius 2 is 1.81 bits per heavy atom. The van der Waals surface area contributed by atoms with E-state index in [9.17, 15) is 18.0 Å². The number of unbranched alkanes of at least 4 members (excludes halogenated alkanes) is 1. The molecule has 1 aromatic heterocycles. The SMILES string of the molecule is Br.CCCCc1nc(NC(=O)c2ccccc2C(F)(F)F)sc1Cc1ccc(Cl)cc1. The van der Waals surface area contributed by atoms with Crippen molar-refractivity contribution in [2.75, 3.05) is 5.32 Å². The highest BCUT2D eigenvalue weighted by Crippen LogP contribution is 2.33. The van der Waals surface area contributed by atoms with E-state index in [2.05, 4.69) is 17.2 Å². The topological polar surface area (TPSA) is 42.0 Å². The number of alkyl halides is 3. The van der Waals surface area contributed by atoms with Gasteiger partial charge in [-0.3, -0.25) is 10.1 Å². The Morgan fingerprint density at radius 1 is 1.13 bits per heavy atom. The van der Waals surface area contributed by atoms with E-state index in [1.165, 1.54) is 29.5 Å². The summed E-state index contributed by atoms with van der Waals surface area (Å²) in [4.78, 5) is 18.0. The summed E-state index contributed by atoms with van der Waals surface area (Å²) in [6, 6.07) is 12.2. The van der Waals surface area contributed by atoms with E-state index in [1.807, 2.05) is 12.1 Å². The molecule has 0 fully saturated rings. The molecule has 1 amide bonds. The van der Waals surface area contributed by atoms with Gasteiger partial charge >= 0.3 is 6.18 Å².